The van der Waals surface area contributed by atoms with Crippen molar-refractivity contribution in [2.45, 2.75) is 51.2 Å². The summed E-state index contributed by atoms with van der Waals surface area (Å²) in [5.74, 6) is 5.37. The molecule has 0 bridgehead atoms. The molecule has 2 aliphatic heterocycles. The molecule has 6 aromatic heterocycles. The van der Waals surface area contributed by atoms with E-state index in [1.165, 1.54) is 29.4 Å². The summed E-state index contributed by atoms with van der Waals surface area (Å²) >= 11 is 0. The maximum absolute atomic E-state index is 12.2. The number of piperidine rings is 2. The predicted molar refractivity (Wildman–Crippen MR) is 377 cm³/mol. The maximum atomic E-state index is 12.2. The van der Waals surface area contributed by atoms with E-state index in [1.54, 1.807) is 16.8 Å². The highest BCUT2D eigenvalue weighted by atomic mass is 32.2. The summed E-state index contributed by atoms with van der Waals surface area (Å²) in [7, 11) is -3.43. The molecular weight excluding hydrogens is 1260 g/mol. The minimum absolute atomic E-state index is 0.0116. The molecule has 98 heavy (non-hydrogen) atoms. The van der Waals surface area contributed by atoms with Gasteiger partial charge in [0.25, 0.3) is 0 Å². The van der Waals surface area contributed by atoms with Crippen molar-refractivity contribution in [2.24, 2.45) is 0 Å². The van der Waals surface area contributed by atoms with Gasteiger partial charge in [-0.05, 0) is 154 Å². The van der Waals surface area contributed by atoms with E-state index in [1.807, 2.05) is 185 Å². The number of nitrogen functional groups attached to an aromatic ring is 3. The summed E-state index contributed by atoms with van der Waals surface area (Å²) < 4.78 is 48.9. The second-order valence-electron chi connectivity index (χ2n) is 22.7. The molecule has 2 aliphatic rings. The lowest BCUT2D eigenvalue weighted by molar-refractivity contribution is -0.127. The van der Waals surface area contributed by atoms with Crippen LogP contribution in [-0.2, 0) is 26.2 Å². The van der Waals surface area contributed by atoms with Crippen molar-refractivity contribution >= 4 is 72.4 Å². The SMILES string of the molecule is C/C=C/C(=O)N1CCC(n2nc(-c3ccc(Oc4ccccc4)cc3)c3c(N)ncnc32)CC1.C=CC(=O)NCCn1nc(-c2ccc(Oc3ccccc3)cc2)c2c(N)ncnc21.C=CS(=O)(=O)N1CCC(n2nc(-c3ccc(Oc4ccccc4)cc3)c3c(N)ncnc32)CC1. The number of ether oxygens (including phenoxy) is 3. The minimum atomic E-state index is -3.43. The van der Waals surface area contributed by atoms with E-state index in [0.717, 1.165) is 69.0 Å². The van der Waals surface area contributed by atoms with Crippen LogP contribution in [0.2, 0.25) is 0 Å². The number of carbonyl (C=O) groups excluding carboxylic acids is 2. The summed E-state index contributed by atoms with van der Waals surface area (Å²) in [4.78, 5) is 51.3. The maximum Gasteiger partial charge on any atom is 0.246 e. The zero-order valence-corrected chi connectivity index (χ0v) is 54.3. The van der Waals surface area contributed by atoms with Gasteiger partial charge in [0.1, 0.15) is 88.0 Å². The normalized spacial score (nSPS) is 13.7. The number of nitrogens with one attached hydrogen (secondary N) is 1. The lowest BCUT2D eigenvalue weighted by Gasteiger charge is -2.31. The van der Waals surface area contributed by atoms with E-state index in [2.05, 4.69) is 53.5 Å². The molecular formula is C72H70N18O7S. The second-order valence-corrected chi connectivity index (χ2v) is 24.6. The third-order valence-corrected chi connectivity index (χ3v) is 18.0. The van der Waals surface area contributed by atoms with Crippen LogP contribution in [0.1, 0.15) is 44.7 Å². The van der Waals surface area contributed by atoms with Gasteiger partial charge in [-0.25, -0.2) is 52.4 Å². The Morgan fingerprint density at radius 3 is 1.27 bits per heavy atom. The third-order valence-electron chi connectivity index (χ3n) is 16.5. The van der Waals surface area contributed by atoms with Gasteiger partial charge in [-0.1, -0.05) is 73.8 Å². The fraction of sp³-hybridized carbons (Fsp3) is 0.181. The molecule has 2 saturated heterocycles. The van der Waals surface area contributed by atoms with Crippen LogP contribution < -0.4 is 36.7 Å². The Morgan fingerprint density at radius 2 is 0.878 bits per heavy atom. The molecule has 12 aromatic rings. The van der Waals surface area contributed by atoms with Gasteiger partial charge in [0.05, 0.1) is 34.8 Å². The number of amides is 2. The molecule has 0 atom stereocenters. The Balaban J connectivity index is 0.000000140. The van der Waals surface area contributed by atoms with Gasteiger partial charge in [0.15, 0.2) is 16.9 Å². The third kappa shape index (κ3) is 15.0. The van der Waals surface area contributed by atoms with Gasteiger partial charge in [-0.3, -0.25) is 9.59 Å². The first kappa shape index (κ1) is 65.9. The van der Waals surface area contributed by atoms with Crippen LogP contribution in [0.3, 0.4) is 0 Å². The number of aromatic nitrogens is 12. The van der Waals surface area contributed by atoms with Crippen molar-refractivity contribution in [3.8, 4) is 68.3 Å². The summed E-state index contributed by atoms with van der Waals surface area (Å²) in [5, 5.41) is 20.3. The second kappa shape index (κ2) is 30.1. The first-order chi connectivity index (χ1) is 47.7. The van der Waals surface area contributed by atoms with E-state index in [9.17, 15) is 18.0 Å². The van der Waals surface area contributed by atoms with Gasteiger partial charge >= 0.3 is 0 Å². The summed E-state index contributed by atoms with van der Waals surface area (Å²) in [6.07, 6.45) is 11.7. The molecule has 2 fully saturated rings. The average molecular weight is 1330 g/mol. The number of likely N-dealkylation sites (tertiary alicyclic amines) is 1. The van der Waals surface area contributed by atoms with Gasteiger partial charge in [0, 0.05) is 54.8 Å². The molecule has 2 amide bonds. The van der Waals surface area contributed by atoms with E-state index >= 15 is 0 Å². The summed E-state index contributed by atoms with van der Waals surface area (Å²) in [6.45, 7) is 11.7. The molecule has 496 valence electrons. The number of benzene rings is 6. The van der Waals surface area contributed by atoms with Crippen molar-refractivity contribution in [3.05, 3.63) is 220 Å². The minimum Gasteiger partial charge on any atom is -0.457 e. The molecule has 0 aliphatic carbocycles. The van der Waals surface area contributed by atoms with Crippen LogP contribution in [0.4, 0.5) is 17.5 Å². The molecule has 7 N–H and O–H groups in total. The number of nitrogens with zero attached hydrogens (tertiary/aromatic N) is 14. The zero-order valence-electron chi connectivity index (χ0n) is 53.5. The van der Waals surface area contributed by atoms with Crippen molar-refractivity contribution in [1.29, 1.82) is 0 Å². The predicted octanol–water partition coefficient (Wildman–Crippen LogP) is 11.8. The van der Waals surface area contributed by atoms with E-state index < -0.39 is 10.0 Å². The lowest BCUT2D eigenvalue weighted by Crippen LogP contribution is -2.38. The van der Waals surface area contributed by atoms with Crippen LogP contribution in [0.15, 0.2) is 220 Å². The number of hydrogen-bond donors (Lipinski definition) is 4. The molecule has 14 rings (SSSR count). The molecule has 0 spiro atoms. The number of carbonyl (C=O) groups is 2. The van der Waals surface area contributed by atoms with Crippen LogP contribution in [0.5, 0.6) is 34.5 Å². The Labute approximate surface area is 564 Å². The highest BCUT2D eigenvalue weighted by Gasteiger charge is 2.31. The topological polar surface area (TPSA) is 323 Å². The Kier molecular flexibility index (Phi) is 20.2. The number of rotatable bonds is 18. The van der Waals surface area contributed by atoms with Gasteiger partial charge < -0.3 is 41.6 Å². The van der Waals surface area contributed by atoms with E-state index in [0.29, 0.717) is 120 Å². The molecule has 26 heteroatoms. The van der Waals surface area contributed by atoms with Crippen molar-refractivity contribution in [3.63, 3.8) is 0 Å². The van der Waals surface area contributed by atoms with Crippen molar-refractivity contribution < 1.29 is 32.2 Å². The summed E-state index contributed by atoms with van der Waals surface area (Å²) in [6, 6.07) is 51.9. The monoisotopic (exact) mass is 1330 g/mol. The van der Waals surface area contributed by atoms with Crippen LogP contribution in [0, 0.1) is 0 Å². The number of para-hydroxylation sites is 3. The Morgan fingerprint density at radius 1 is 0.510 bits per heavy atom. The van der Waals surface area contributed by atoms with Crippen molar-refractivity contribution in [2.75, 3.05) is 49.9 Å². The van der Waals surface area contributed by atoms with Gasteiger partial charge in [0.2, 0.25) is 21.8 Å². The molecule has 8 heterocycles. The van der Waals surface area contributed by atoms with Gasteiger partial charge in [-0.15, -0.1) is 0 Å². The van der Waals surface area contributed by atoms with Crippen LogP contribution >= 0.6 is 0 Å². The summed E-state index contributed by atoms with van der Waals surface area (Å²) in [5.41, 5.74) is 25.3. The molecule has 6 aromatic carbocycles. The van der Waals surface area contributed by atoms with Crippen LogP contribution in [-0.4, -0.2) is 121 Å². The molecule has 0 saturated carbocycles. The smallest absolute Gasteiger partial charge is 0.246 e. The van der Waals surface area contributed by atoms with E-state index in [-0.39, 0.29) is 23.9 Å². The highest BCUT2D eigenvalue weighted by Crippen LogP contribution is 2.39. The fourth-order valence-electron chi connectivity index (χ4n) is 11.6. The largest absolute Gasteiger partial charge is 0.457 e. The number of allylic oxidation sites excluding steroid dienone is 1. The number of hydrogen-bond acceptors (Lipinski definition) is 19. The number of sulfonamides is 1. The molecule has 25 nitrogen and oxygen atoms in total. The van der Waals surface area contributed by atoms with Crippen LogP contribution in [0.25, 0.3) is 66.9 Å². The number of fused-ring (bicyclic) bond motifs is 3. The Bertz CT molecular complexity index is 4920. The first-order valence-corrected chi connectivity index (χ1v) is 33.1. The molecule has 0 unspecified atom stereocenters. The quantitative estimate of drug-likeness (QED) is 0.0580. The highest BCUT2D eigenvalue weighted by molar-refractivity contribution is 7.92. The zero-order chi connectivity index (χ0) is 68.1. The lowest BCUT2D eigenvalue weighted by atomic mass is 10.1. The average Bonchev–Trinajstić information content (AvgIpc) is 1.62. The Hall–Kier alpha value is -12.2. The number of anilines is 3. The first-order valence-electron chi connectivity index (χ1n) is 31.6. The van der Waals surface area contributed by atoms with E-state index in [4.69, 9.17) is 41.6 Å². The van der Waals surface area contributed by atoms with Crippen molar-refractivity contribution in [1.82, 2.24) is 73.8 Å². The molecule has 0 radical (unpaired) electrons. The number of nitrogens with two attached hydrogens (primary N) is 3. The standard InChI is InChI=1S/C26H26N6O2.C24H24N6O3S.C22H20N6O2/c1-2-6-22(33)31-15-13-19(14-16-31)32-26-23(25(27)28-17-29-26)24(30-32)18-9-11-21(12-10-18)34-20-7-4-3-5-8-20;1-2-34(31,32)29-14-12-18(13-15-29)30-24-21(23(25)26-16-27-24)22(28-30)17-8-10-20(11-9-17)33-19-6-4-3-5-7-19;1-2-18(29)24-12-13-28-22-19(21(23)25-14-26-22)20(27-28)15-8-10-17(11-9-15)30-16-6-4-3-5-7-16/h2-12,17,19H,13-16H2,1H3,(H2,27,28,29);2-11,16,18H,1,12-15H2,(H2,25,26,27);2-11,14H,1,12-13H2,(H,24,29)(H2,23,25,26)/b6-2+;;. The van der Waals surface area contributed by atoms with Gasteiger partial charge in [-0.2, -0.15) is 19.6 Å². The fourth-order valence-corrected chi connectivity index (χ4v) is 12.5.